The van der Waals surface area contributed by atoms with Gasteiger partial charge >= 0.3 is 0 Å². The Kier molecular flexibility index (Phi) is 3.04. The van der Waals surface area contributed by atoms with E-state index in [1.165, 1.54) is 12.1 Å². The van der Waals surface area contributed by atoms with Gasteiger partial charge in [0, 0.05) is 9.35 Å². The molecule has 2 aromatic rings. The maximum absolute atomic E-state index is 12.7. The van der Waals surface area contributed by atoms with Gasteiger partial charge in [-0.2, -0.15) is 0 Å². The van der Waals surface area contributed by atoms with Gasteiger partial charge in [-0.05, 0) is 55.6 Å². The van der Waals surface area contributed by atoms with Crippen molar-refractivity contribution in [3.63, 3.8) is 0 Å². The normalized spacial score (nSPS) is 10.5. The first-order valence-corrected chi connectivity index (χ1v) is 6.28. The standard InChI is InChI=1S/C10H5Br2FS/c11-8-5-9(12)14-10(8)6-1-3-7(13)4-2-6/h1-5H. The van der Waals surface area contributed by atoms with Crippen LogP contribution in [0.15, 0.2) is 38.6 Å². The minimum absolute atomic E-state index is 0.208. The van der Waals surface area contributed by atoms with Crippen molar-refractivity contribution >= 4 is 43.2 Å². The predicted molar refractivity (Wildman–Crippen MR) is 65.1 cm³/mol. The molecule has 0 bridgehead atoms. The van der Waals surface area contributed by atoms with E-state index in [-0.39, 0.29) is 5.82 Å². The van der Waals surface area contributed by atoms with Crippen LogP contribution < -0.4 is 0 Å². The van der Waals surface area contributed by atoms with Crippen LogP contribution in [0.2, 0.25) is 0 Å². The molecular formula is C10H5Br2FS. The van der Waals surface area contributed by atoms with Gasteiger partial charge in [-0.15, -0.1) is 11.3 Å². The molecule has 0 unspecified atom stereocenters. The Balaban J connectivity index is 2.49. The van der Waals surface area contributed by atoms with E-state index in [9.17, 15) is 4.39 Å². The van der Waals surface area contributed by atoms with E-state index in [2.05, 4.69) is 31.9 Å². The summed E-state index contributed by atoms with van der Waals surface area (Å²) in [5.41, 5.74) is 1.02. The van der Waals surface area contributed by atoms with Gasteiger partial charge in [-0.3, -0.25) is 0 Å². The molecule has 0 N–H and O–H groups in total. The van der Waals surface area contributed by atoms with Gasteiger partial charge in [-0.1, -0.05) is 12.1 Å². The minimum atomic E-state index is -0.208. The van der Waals surface area contributed by atoms with Crippen molar-refractivity contribution in [3.8, 4) is 10.4 Å². The van der Waals surface area contributed by atoms with Crippen molar-refractivity contribution in [2.75, 3.05) is 0 Å². The first-order chi connectivity index (χ1) is 6.66. The second-order valence-electron chi connectivity index (χ2n) is 2.73. The lowest BCUT2D eigenvalue weighted by Gasteiger charge is -1.97. The molecule has 1 aromatic carbocycles. The highest BCUT2D eigenvalue weighted by Crippen LogP contribution is 2.38. The molecule has 0 radical (unpaired) electrons. The van der Waals surface area contributed by atoms with E-state index in [1.807, 2.05) is 6.07 Å². The van der Waals surface area contributed by atoms with E-state index in [1.54, 1.807) is 23.5 Å². The van der Waals surface area contributed by atoms with E-state index in [4.69, 9.17) is 0 Å². The summed E-state index contributed by atoms with van der Waals surface area (Å²) in [7, 11) is 0. The summed E-state index contributed by atoms with van der Waals surface area (Å²) in [5.74, 6) is -0.208. The smallest absolute Gasteiger partial charge is 0.123 e. The van der Waals surface area contributed by atoms with Crippen LogP contribution in [0.1, 0.15) is 0 Å². The quantitative estimate of drug-likeness (QED) is 0.681. The molecule has 1 heterocycles. The summed E-state index contributed by atoms with van der Waals surface area (Å²) in [6.45, 7) is 0. The molecule has 0 atom stereocenters. The van der Waals surface area contributed by atoms with Crippen LogP contribution in [0.5, 0.6) is 0 Å². The zero-order chi connectivity index (χ0) is 10.1. The summed E-state index contributed by atoms with van der Waals surface area (Å²) in [6, 6.07) is 8.48. The Morgan fingerprint density at radius 1 is 1.07 bits per heavy atom. The van der Waals surface area contributed by atoms with E-state index in [0.717, 1.165) is 18.7 Å². The van der Waals surface area contributed by atoms with Crippen molar-refractivity contribution in [2.45, 2.75) is 0 Å². The van der Waals surface area contributed by atoms with Crippen LogP contribution in [0.25, 0.3) is 10.4 Å². The van der Waals surface area contributed by atoms with Crippen LogP contribution in [0, 0.1) is 5.82 Å². The summed E-state index contributed by atoms with van der Waals surface area (Å²) in [6.07, 6.45) is 0. The second kappa shape index (κ2) is 4.13. The molecule has 0 aliphatic heterocycles. The number of hydrogen-bond donors (Lipinski definition) is 0. The number of rotatable bonds is 1. The molecule has 0 saturated heterocycles. The van der Waals surface area contributed by atoms with Crippen LogP contribution in [0.3, 0.4) is 0 Å². The summed E-state index contributed by atoms with van der Waals surface area (Å²) < 4.78 is 14.8. The molecule has 0 spiro atoms. The molecule has 4 heteroatoms. The van der Waals surface area contributed by atoms with Gasteiger partial charge in [0.2, 0.25) is 0 Å². The van der Waals surface area contributed by atoms with Crippen molar-refractivity contribution < 1.29 is 4.39 Å². The molecule has 0 aliphatic carbocycles. The molecular weight excluding hydrogens is 331 g/mol. The Morgan fingerprint density at radius 3 is 2.21 bits per heavy atom. The average Bonchev–Trinajstić information content (AvgIpc) is 2.47. The number of hydrogen-bond acceptors (Lipinski definition) is 1. The molecule has 0 nitrogen and oxygen atoms in total. The summed E-state index contributed by atoms with van der Waals surface area (Å²) in [5, 5.41) is 0. The first-order valence-electron chi connectivity index (χ1n) is 3.87. The van der Waals surface area contributed by atoms with E-state index in [0.29, 0.717) is 0 Å². The highest BCUT2D eigenvalue weighted by Gasteiger charge is 2.07. The molecule has 72 valence electrons. The predicted octanol–water partition coefficient (Wildman–Crippen LogP) is 5.08. The molecule has 0 aliphatic rings. The van der Waals surface area contributed by atoms with Gasteiger partial charge < -0.3 is 0 Å². The molecule has 1 aromatic heterocycles. The van der Waals surface area contributed by atoms with Gasteiger partial charge in [-0.25, -0.2) is 4.39 Å². The van der Waals surface area contributed by atoms with Crippen molar-refractivity contribution in [2.24, 2.45) is 0 Å². The maximum Gasteiger partial charge on any atom is 0.123 e. The van der Waals surface area contributed by atoms with Gasteiger partial charge in [0.15, 0.2) is 0 Å². The van der Waals surface area contributed by atoms with E-state index < -0.39 is 0 Å². The largest absolute Gasteiger partial charge is 0.207 e. The van der Waals surface area contributed by atoms with E-state index >= 15 is 0 Å². The third-order valence-corrected chi connectivity index (χ3v) is 4.34. The van der Waals surface area contributed by atoms with Crippen LogP contribution in [-0.4, -0.2) is 0 Å². The third-order valence-electron chi connectivity index (χ3n) is 1.76. The van der Waals surface area contributed by atoms with Crippen LogP contribution in [0.4, 0.5) is 4.39 Å². The molecule has 0 fully saturated rings. The zero-order valence-corrected chi connectivity index (χ0v) is 10.9. The molecule has 0 amide bonds. The average molecular weight is 336 g/mol. The fourth-order valence-electron chi connectivity index (χ4n) is 1.14. The first kappa shape index (κ1) is 10.3. The lowest BCUT2D eigenvalue weighted by atomic mass is 10.2. The Morgan fingerprint density at radius 2 is 1.71 bits per heavy atom. The summed E-state index contributed by atoms with van der Waals surface area (Å²) >= 11 is 8.49. The lowest BCUT2D eigenvalue weighted by molar-refractivity contribution is 0.628. The Labute approximate surface area is 102 Å². The topological polar surface area (TPSA) is 0 Å². The van der Waals surface area contributed by atoms with Crippen molar-refractivity contribution in [1.82, 2.24) is 0 Å². The summed E-state index contributed by atoms with van der Waals surface area (Å²) in [4.78, 5) is 1.11. The fraction of sp³-hybridized carbons (Fsp3) is 0. The van der Waals surface area contributed by atoms with Crippen LogP contribution >= 0.6 is 43.2 Å². The van der Waals surface area contributed by atoms with Gasteiger partial charge in [0.25, 0.3) is 0 Å². The highest BCUT2D eigenvalue weighted by molar-refractivity contribution is 9.11. The maximum atomic E-state index is 12.7. The number of thiophene rings is 1. The van der Waals surface area contributed by atoms with Gasteiger partial charge in [0.05, 0.1) is 3.79 Å². The number of halogens is 3. The van der Waals surface area contributed by atoms with Crippen LogP contribution in [-0.2, 0) is 0 Å². The molecule has 14 heavy (non-hydrogen) atoms. The Bertz CT molecular complexity index is 448. The third kappa shape index (κ3) is 2.07. The lowest BCUT2D eigenvalue weighted by Crippen LogP contribution is -1.75. The van der Waals surface area contributed by atoms with Crippen molar-refractivity contribution in [3.05, 3.63) is 44.4 Å². The second-order valence-corrected chi connectivity index (χ2v) is 6.02. The minimum Gasteiger partial charge on any atom is -0.207 e. The van der Waals surface area contributed by atoms with Gasteiger partial charge in [0.1, 0.15) is 5.82 Å². The molecule has 0 saturated carbocycles. The Hall–Kier alpha value is -0.190. The fourth-order valence-corrected chi connectivity index (χ4v) is 3.80. The zero-order valence-electron chi connectivity index (χ0n) is 6.93. The molecule has 2 rings (SSSR count). The SMILES string of the molecule is Fc1ccc(-c2sc(Br)cc2Br)cc1. The number of benzene rings is 1. The highest BCUT2D eigenvalue weighted by atomic mass is 79.9. The monoisotopic (exact) mass is 334 g/mol. The van der Waals surface area contributed by atoms with Crippen molar-refractivity contribution in [1.29, 1.82) is 0 Å².